The summed E-state index contributed by atoms with van der Waals surface area (Å²) in [5.41, 5.74) is 1.93. The summed E-state index contributed by atoms with van der Waals surface area (Å²) in [6.07, 6.45) is 1.46. The van der Waals surface area contributed by atoms with E-state index in [1.54, 1.807) is 12.1 Å². The maximum Gasteiger partial charge on any atom is 0.339 e. The molecule has 0 aromatic heterocycles. The minimum atomic E-state index is -0.530. The second-order valence-electron chi connectivity index (χ2n) is 6.06. The van der Waals surface area contributed by atoms with Gasteiger partial charge in [0.25, 0.3) is 0 Å². The third-order valence-electron chi connectivity index (χ3n) is 4.29. The highest BCUT2D eigenvalue weighted by Gasteiger charge is 2.25. The highest BCUT2D eigenvalue weighted by Crippen LogP contribution is 2.32. The van der Waals surface area contributed by atoms with Crippen molar-refractivity contribution in [2.45, 2.75) is 18.9 Å². The third kappa shape index (κ3) is 4.89. The number of rotatable bonds is 5. The summed E-state index contributed by atoms with van der Waals surface area (Å²) in [6, 6.07) is 9.63. The van der Waals surface area contributed by atoms with Gasteiger partial charge in [-0.3, -0.25) is 0 Å². The average Bonchev–Trinajstić information content (AvgIpc) is 3.03. The molecule has 0 amide bonds. The number of thiocarbonyl (C=S) groups is 1. The highest BCUT2D eigenvalue weighted by atomic mass is 35.5. The van der Waals surface area contributed by atoms with Crippen molar-refractivity contribution in [1.82, 2.24) is 10.6 Å². The minimum Gasteiger partial charge on any atom is -0.460 e. The molecule has 0 saturated carbocycles. The van der Waals surface area contributed by atoms with Crippen LogP contribution in [0.1, 0.15) is 33.9 Å². The molecule has 8 heteroatoms. The zero-order chi connectivity index (χ0) is 19.4. The molecule has 2 N–H and O–H groups in total. The van der Waals surface area contributed by atoms with Crippen LogP contribution in [-0.4, -0.2) is 24.2 Å². The van der Waals surface area contributed by atoms with Crippen molar-refractivity contribution in [2.24, 2.45) is 0 Å². The van der Waals surface area contributed by atoms with E-state index in [9.17, 15) is 9.18 Å². The first-order valence-electron chi connectivity index (χ1n) is 8.39. The van der Waals surface area contributed by atoms with Crippen molar-refractivity contribution in [3.05, 3.63) is 69.0 Å². The van der Waals surface area contributed by atoms with Gasteiger partial charge in [0.2, 0.25) is 0 Å². The van der Waals surface area contributed by atoms with Gasteiger partial charge in [0.15, 0.2) is 5.11 Å². The molecular formula is C19H17Cl2FN2O2S. The van der Waals surface area contributed by atoms with Crippen molar-refractivity contribution in [3.63, 3.8) is 0 Å². The Balaban J connectivity index is 1.43. The lowest BCUT2D eigenvalue weighted by Gasteiger charge is -2.17. The molecule has 0 heterocycles. The Hall–Kier alpha value is -1.89. The molecule has 0 bridgehead atoms. The van der Waals surface area contributed by atoms with E-state index in [0.29, 0.717) is 23.1 Å². The third-order valence-corrected chi connectivity index (χ3v) is 5.10. The van der Waals surface area contributed by atoms with Crippen LogP contribution in [0.4, 0.5) is 4.39 Å². The van der Waals surface area contributed by atoms with Crippen LogP contribution in [0, 0.1) is 5.82 Å². The van der Waals surface area contributed by atoms with E-state index in [2.05, 4.69) is 10.6 Å². The molecule has 1 atom stereocenters. The lowest BCUT2D eigenvalue weighted by Crippen LogP contribution is -2.38. The van der Waals surface area contributed by atoms with Crippen LogP contribution in [0.3, 0.4) is 0 Å². The average molecular weight is 427 g/mol. The fraction of sp³-hybridized carbons (Fsp3) is 0.263. The Kier molecular flexibility index (Phi) is 6.52. The number of carbonyl (C=O) groups is 1. The molecule has 0 saturated heterocycles. The van der Waals surface area contributed by atoms with Gasteiger partial charge in [-0.2, -0.15) is 0 Å². The fourth-order valence-electron chi connectivity index (χ4n) is 3.01. The van der Waals surface area contributed by atoms with Crippen molar-refractivity contribution < 1.29 is 13.9 Å². The Morgan fingerprint density at radius 2 is 2.11 bits per heavy atom. The van der Waals surface area contributed by atoms with Gasteiger partial charge in [0, 0.05) is 5.02 Å². The smallest absolute Gasteiger partial charge is 0.339 e. The Labute approximate surface area is 172 Å². The molecule has 142 valence electrons. The SMILES string of the molecule is O=C(OCCNC(=S)NC1CCc2c(F)cccc21)c1ccc(Cl)cc1Cl. The van der Waals surface area contributed by atoms with E-state index < -0.39 is 5.97 Å². The van der Waals surface area contributed by atoms with Gasteiger partial charge in [-0.1, -0.05) is 35.3 Å². The lowest BCUT2D eigenvalue weighted by molar-refractivity contribution is 0.0513. The van der Waals surface area contributed by atoms with Gasteiger partial charge in [0.1, 0.15) is 12.4 Å². The van der Waals surface area contributed by atoms with E-state index in [0.717, 1.165) is 17.5 Å². The molecule has 0 fully saturated rings. The number of benzene rings is 2. The van der Waals surface area contributed by atoms with E-state index >= 15 is 0 Å². The topological polar surface area (TPSA) is 50.4 Å². The Morgan fingerprint density at radius 1 is 1.30 bits per heavy atom. The lowest BCUT2D eigenvalue weighted by atomic mass is 10.1. The number of nitrogens with one attached hydrogen (secondary N) is 2. The first kappa shape index (κ1) is 19.9. The van der Waals surface area contributed by atoms with Gasteiger partial charge < -0.3 is 15.4 Å². The van der Waals surface area contributed by atoms with E-state index in [1.807, 2.05) is 6.07 Å². The van der Waals surface area contributed by atoms with Crippen LogP contribution >= 0.6 is 35.4 Å². The summed E-state index contributed by atoms with van der Waals surface area (Å²) in [6.45, 7) is 0.459. The summed E-state index contributed by atoms with van der Waals surface area (Å²) in [5, 5.41) is 7.27. The minimum absolute atomic E-state index is 0.0221. The summed E-state index contributed by atoms with van der Waals surface area (Å²) in [5.74, 6) is -0.707. The summed E-state index contributed by atoms with van der Waals surface area (Å²) < 4.78 is 18.9. The number of fused-ring (bicyclic) bond motifs is 1. The largest absolute Gasteiger partial charge is 0.460 e. The first-order valence-corrected chi connectivity index (χ1v) is 9.56. The maximum absolute atomic E-state index is 13.8. The molecule has 0 spiro atoms. The molecule has 4 nitrogen and oxygen atoms in total. The molecule has 1 aliphatic carbocycles. The van der Waals surface area contributed by atoms with Crippen LogP contribution in [0.2, 0.25) is 10.0 Å². The van der Waals surface area contributed by atoms with Gasteiger partial charge in [-0.15, -0.1) is 0 Å². The first-order chi connectivity index (χ1) is 13.0. The van der Waals surface area contributed by atoms with Crippen LogP contribution < -0.4 is 10.6 Å². The molecule has 1 aliphatic rings. The molecule has 3 rings (SSSR count). The monoisotopic (exact) mass is 426 g/mol. The van der Waals surface area contributed by atoms with Gasteiger partial charge in [-0.25, -0.2) is 9.18 Å². The number of esters is 1. The van der Waals surface area contributed by atoms with E-state index in [4.69, 9.17) is 40.2 Å². The molecule has 27 heavy (non-hydrogen) atoms. The van der Waals surface area contributed by atoms with Crippen LogP contribution in [0.25, 0.3) is 0 Å². The maximum atomic E-state index is 13.8. The number of carbonyl (C=O) groups excluding carboxylic acids is 1. The Bertz CT molecular complexity index is 879. The van der Waals surface area contributed by atoms with Crippen molar-refractivity contribution in [1.29, 1.82) is 0 Å². The molecular weight excluding hydrogens is 410 g/mol. The van der Waals surface area contributed by atoms with E-state index in [-0.39, 0.29) is 29.1 Å². The predicted octanol–water partition coefficient (Wildman–Crippen LogP) is 4.44. The highest BCUT2D eigenvalue weighted by molar-refractivity contribution is 7.80. The van der Waals surface area contributed by atoms with Crippen molar-refractivity contribution in [3.8, 4) is 0 Å². The number of hydrogen-bond acceptors (Lipinski definition) is 3. The van der Waals surface area contributed by atoms with Crippen LogP contribution in [0.5, 0.6) is 0 Å². The predicted molar refractivity (Wildman–Crippen MR) is 108 cm³/mol. The van der Waals surface area contributed by atoms with Gasteiger partial charge in [0.05, 0.1) is 23.2 Å². The van der Waals surface area contributed by atoms with Gasteiger partial charge >= 0.3 is 5.97 Å². The summed E-state index contributed by atoms with van der Waals surface area (Å²) >= 11 is 17.0. The standard InChI is InChI=1S/C19H17Cl2FN2O2S/c20-11-4-5-14(15(21)10-11)18(25)26-9-8-23-19(27)24-17-7-6-12-13(17)2-1-3-16(12)22/h1-5,10,17H,6-9H2,(H2,23,24,27). The zero-order valence-corrected chi connectivity index (χ0v) is 16.6. The Morgan fingerprint density at radius 3 is 2.89 bits per heavy atom. The summed E-state index contributed by atoms with van der Waals surface area (Å²) in [4.78, 5) is 12.0. The van der Waals surface area contributed by atoms with E-state index in [1.165, 1.54) is 18.2 Å². The fourth-order valence-corrected chi connectivity index (χ4v) is 3.74. The zero-order valence-electron chi connectivity index (χ0n) is 14.2. The van der Waals surface area contributed by atoms with Crippen molar-refractivity contribution in [2.75, 3.05) is 13.2 Å². The summed E-state index contributed by atoms with van der Waals surface area (Å²) in [7, 11) is 0. The molecule has 1 unspecified atom stereocenters. The van der Waals surface area contributed by atoms with Gasteiger partial charge in [-0.05, 0) is 60.5 Å². The normalized spacial score (nSPS) is 15.1. The van der Waals surface area contributed by atoms with Crippen LogP contribution in [0.15, 0.2) is 36.4 Å². The molecule has 2 aromatic rings. The molecule has 2 aromatic carbocycles. The molecule has 0 radical (unpaired) electrons. The quantitative estimate of drug-likeness (QED) is 0.420. The molecule has 0 aliphatic heterocycles. The number of halogens is 3. The second-order valence-corrected chi connectivity index (χ2v) is 7.31. The number of ether oxygens (including phenoxy) is 1. The van der Waals surface area contributed by atoms with Crippen LogP contribution in [-0.2, 0) is 11.2 Å². The van der Waals surface area contributed by atoms with Crippen molar-refractivity contribution >= 4 is 46.5 Å². The number of hydrogen-bond donors (Lipinski definition) is 2. The second kappa shape index (κ2) is 8.87.